The molecule has 2 nitrogen and oxygen atoms in total. The van der Waals surface area contributed by atoms with Crippen LogP contribution >= 0.6 is 0 Å². The van der Waals surface area contributed by atoms with Crippen molar-refractivity contribution >= 4 is 0 Å². The van der Waals surface area contributed by atoms with Crippen molar-refractivity contribution in [1.29, 1.82) is 0 Å². The molecule has 0 saturated carbocycles. The Morgan fingerprint density at radius 1 is 0.786 bits per heavy atom. The molecular formula is C12H26O2. The maximum atomic E-state index is 8.81. The van der Waals surface area contributed by atoms with Crippen LogP contribution in [0.25, 0.3) is 0 Å². The molecule has 1 atom stereocenters. The Bertz CT molecular complexity index is 104. The van der Waals surface area contributed by atoms with Crippen molar-refractivity contribution in [2.45, 2.75) is 58.3 Å². The van der Waals surface area contributed by atoms with Crippen molar-refractivity contribution in [2.75, 3.05) is 13.2 Å². The van der Waals surface area contributed by atoms with Crippen LogP contribution in [-0.2, 0) is 0 Å². The van der Waals surface area contributed by atoms with E-state index in [4.69, 9.17) is 10.2 Å². The van der Waals surface area contributed by atoms with E-state index in [1.807, 2.05) is 0 Å². The number of aliphatic hydroxyl groups excluding tert-OH is 2. The molecule has 0 rings (SSSR count). The number of hydrogen-bond acceptors (Lipinski definition) is 2. The SMILES string of the molecule is C[C@H](CO)CCCCCCCCCO. The van der Waals surface area contributed by atoms with Gasteiger partial charge in [-0.15, -0.1) is 0 Å². The van der Waals surface area contributed by atoms with E-state index in [9.17, 15) is 0 Å². The first-order valence-corrected chi connectivity index (χ1v) is 6.03. The number of unbranched alkanes of at least 4 members (excludes halogenated alkanes) is 6. The molecule has 0 aromatic heterocycles. The zero-order valence-electron chi connectivity index (χ0n) is 9.54. The van der Waals surface area contributed by atoms with Crippen molar-refractivity contribution in [3.8, 4) is 0 Å². The molecule has 0 saturated heterocycles. The average molecular weight is 202 g/mol. The number of aliphatic hydroxyl groups is 2. The van der Waals surface area contributed by atoms with Gasteiger partial charge in [-0.25, -0.2) is 0 Å². The minimum atomic E-state index is 0.330. The van der Waals surface area contributed by atoms with Gasteiger partial charge in [0.25, 0.3) is 0 Å². The predicted molar refractivity (Wildman–Crippen MR) is 60.3 cm³/mol. The lowest BCUT2D eigenvalue weighted by Crippen LogP contribution is -1.99. The van der Waals surface area contributed by atoms with Gasteiger partial charge in [0, 0.05) is 13.2 Å². The molecule has 86 valence electrons. The van der Waals surface area contributed by atoms with Gasteiger partial charge in [0.05, 0.1) is 0 Å². The summed E-state index contributed by atoms with van der Waals surface area (Å²) in [5.41, 5.74) is 0. The van der Waals surface area contributed by atoms with E-state index in [1.165, 1.54) is 38.5 Å². The molecule has 0 fully saturated rings. The first kappa shape index (κ1) is 13.9. The Kier molecular flexibility index (Phi) is 10.9. The highest BCUT2D eigenvalue weighted by Crippen LogP contribution is 2.11. The Balaban J connectivity index is 2.92. The molecule has 0 heterocycles. The quantitative estimate of drug-likeness (QED) is 0.535. The molecular weight excluding hydrogens is 176 g/mol. The Morgan fingerprint density at radius 2 is 1.29 bits per heavy atom. The molecule has 2 N–H and O–H groups in total. The smallest absolute Gasteiger partial charge is 0.0456 e. The maximum absolute atomic E-state index is 8.81. The minimum Gasteiger partial charge on any atom is -0.396 e. The molecule has 0 unspecified atom stereocenters. The molecule has 0 spiro atoms. The summed E-state index contributed by atoms with van der Waals surface area (Å²) in [6.07, 6.45) is 9.70. The van der Waals surface area contributed by atoms with Gasteiger partial charge in [-0.05, 0) is 18.8 Å². The van der Waals surface area contributed by atoms with Crippen LogP contribution in [0.15, 0.2) is 0 Å². The van der Waals surface area contributed by atoms with E-state index >= 15 is 0 Å². The van der Waals surface area contributed by atoms with Crippen LogP contribution in [0.4, 0.5) is 0 Å². The summed E-state index contributed by atoms with van der Waals surface area (Å²) >= 11 is 0. The molecule has 0 radical (unpaired) electrons. The summed E-state index contributed by atoms with van der Waals surface area (Å²) in [6, 6.07) is 0. The van der Waals surface area contributed by atoms with Gasteiger partial charge >= 0.3 is 0 Å². The normalized spacial score (nSPS) is 13.1. The fraction of sp³-hybridized carbons (Fsp3) is 1.00. The van der Waals surface area contributed by atoms with E-state index in [0.717, 1.165) is 12.8 Å². The van der Waals surface area contributed by atoms with Crippen LogP contribution in [-0.4, -0.2) is 23.4 Å². The van der Waals surface area contributed by atoms with Crippen LogP contribution in [0.2, 0.25) is 0 Å². The summed E-state index contributed by atoms with van der Waals surface area (Å²) in [5.74, 6) is 0.476. The van der Waals surface area contributed by atoms with E-state index in [-0.39, 0.29) is 0 Å². The first-order valence-electron chi connectivity index (χ1n) is 6.03. The van der Waals surface area contributed by atoms with E-state index in [1.54, 1.807) is 0 Å². The Hall–Kier alpha value is -0.0800. The van der Waals surface area contributed by atoms with Crippen LogP contribution in [0.5, 0.6) is 0 Å². The highest BCUT2D eigenvalue weighted by Gasteiger charge is 1.98. The minimum absolute atomic E-state index is 0.330. The molecule has 0 bridgehead atoms. The van der Waals surface area contributed by atoms with Gasteiger partial charge in [0.1, 0.15) is 0 Å². The van der Waals surface area contributed by atoms with Crippen LogP contribution in [0, 0.1) is 5.92 Å². The molecule has 0 aromatic carbocycles. The Labute approximate surface area is 88.3 Å². The lowest BCUT2D eigenvalue weighted by Gasteiger charge is -2.06. The third kappa shape index (κ3) is 10.0. The maximum Gasteiger partial charge on any atom is 0.0456 e. The second-order valence-electron chi connectivity index (χ2n) is 4.27. The highest BCUT2D eigenvalue weighted by molar-refractivity contribution is 4.51. The second kappa shape index (κ2) is 11.0. The van der Waals surface area contributed by atoms with Gasteiger partial charge in [-0.2, -0.15) is 0 Å². The molecule has 0 aromatic rings. The van der Waals surface area contributed by atoms with Gasteiger partial charge in [-0.1, -0.05) is 45.4 Å². The van der Waals surface area contributed by atoms with Crippen LogP contribution < -0.4 is 0 Å². The molecule has 0 amide bonds. The zero-order chi connectivity index (χ0) is 10.6. The summed E-state index contributed by atoms with van der Waals surface area (Å²) in [7, 11) is 0. The van der Waals surface area contributed by atoms with Crippen molar-refractivity contribution in [2.24, 2.45) is 5.92 Å². The van der Waals surface area contributed by atoms with Crippen molar-refractivity contribution in [3.63, 3.8) is 0 Å². The van der Waals surface area contributed by atoms with Crippen molar-refractivity contribution in [1.82, 2.24) is 0 Å². The monoisotopic (exact) mass is 202 g/mol. The molecule has 0 aliphatic carbocycles. The van der Waals surface area contributed by atoms with Gasteiger partial charge < -0.3 is 10.2 Å². The van der Waals surface area contributed by atoms with Crippen molar-refractivity contribution < 1.29 is 10.2 Å². The van der Waals surface area contributed by atoms with Gasteiger partial charge in [0.15, 0.2) is 0 Å². The summed E-state index contributed by atoms with van der Waals surface area (Å²) < 4.78 is 0. The average Bonchev–Trinajstić information content (AvgIpc) is 2.21. The van der Waals surface area contributed by atoms with Gasteiger partial charge in [-0.3, -0.25) is 0 Å². The topological polar surface area (TPSA) is 40.5 Å². The van der Waals surface area contributed by atoms with E-state index in [2.05, 4.69) is 6.92 Å². The third-order valence-electron chi connectivity index (χ3n) is 2.67. The summed E-state index contributed by atoms with van der Waals surface area (Å²) in [6.45, 7) is 2.77. The van der Waals surface area contributed by atoms with E-state index < -0.39 is 0 Å². The summed E-state index contributed by atoms with van der Waals surface area (Å²) in [5, 5.41) is 17.4. The predicted octanol–water partition coefficient (Wildman–Crippen LogP) is 2.73. The van der Waals surface area contributed by atoms with E-state index in [0.29, 0.717) is 19.1 Å². The second-order valence-corrected chi connectivity index (χ2v) is 4.27. The van der Waals surface area contributed by atoms with Crippen LogP contribution in [0.1, 0.15) is 58.3 Å². The van der Waals surface area contributed by atoms with Crippen LogP contribution in [0.3, 0.4) is 0 Å². The van der Waals surface area contributed by atoms with Gasteiger partial charge in [0.2, 0.25) is 0 Å². The molecule has 14 heavy (non-hydrogen) atoms. The highest BCUT2D eigenvalue weighted by atomic mass is 16.3. The lowest BCUT2D eigenvalue weighted by atomic mass is 10.0. The number of hydrogen-bond donors (Lipinski definition) is 2. The Morgan fingerprint density at radius 3 is 1.79 bits per heavy atom. The number of rotatable bonds is 10. The molecule has 2 heteroatoms. The molecule has 0 aliphatic heterocycles. The first-order chi connectivity index (χ1) is 6.81. The zero-order valence-corrected chi connectivity index (χ0v) is 9.54. The fourth-order valence-electron chi connectivity index (χ4n) is 1.58. The lowest BCUT2D eigenvalue weighted by molar-refractivity contribution is 0.227. The largest absolute Gasteiger partial charge is 0.396 e. The fourth-order valence-corrected chi connectivity index (χ4v) is 1.58. The third-order valence-corrected chi connectivity index (χ3v) is 2.67. The molecule has 0 aliphatic rings. The summed E-state index contributed by atoms with van der Waals surface area (Å²) in [4.78, 5) is 0. The standard InChI is InChI=1S/C12H26O2/c1-12(11-14)9-7-5-3-2-4-6-8-10-13/h12-14H,2-11H2,1H3/t12-/m0/s1. The van der Waals surface area contributed by atoms with Crippen molar-refractivity contribution in [3.05, 3.63) is 0 Å².